The Bertz CT molecular complexity index is 666. The van der Waals surface area contributed by atoms with Gasteiger partial charge in [-0.2, -0.15) is 0 Å². The number of nitrogens with zero attached hydrogens (tertiary/aromatic N) is 1. The van der Waals surface area contributed by atoms with Crippen molar-refractivity contribution in [2.75, 3.05) is 0 Å². The monoisotopic (exact) mass is 321 g/mol. The summed E-state index contributed by atoms with van der Waals surface area (Å²) in [6.45, 7) is 1.93. The van der Waals surface area contributed by atoms with Crippen molar-refractivity contribution in [2.24, 2.45) is 0 Å². The zero-order valence-electron chi connectivity index (χ0n) is 9.65. The van der Waals surface area contributed by atoms with Crippen molar-refractivity contribution in [3.63, 3.8) is 0 Å². The van der Waals surface area contributed by atoms with E-state index in [-0.39, 0.29) is 38.2 Å². The molecule has 6 nitrogen and oxygen atoms in total. The first-order chi connectivity index (χ1) is 8.04. The van der Waals surface area contributed by atoms with Crippen molar-refractivity contribution >= 4 is 16.9 Å². The van der Waals surface area contributed by atoms with Crippen LogP contribution in [0.2, 0.25) is 0 Å². The summed E-state index contributed by atoms with van der Waals surface area (Å²) < 4.78 is 0. The van der Waals surface area contributed by atoms with E-state index in [1.54, 1.807) is 12.3 Å². The molecule has 1 amide bonds. The van der Waals surface area contributed by atoms with Gasteiger partial charge < -0.3 is 20.6 Å². The zero-order valence-corrected chi connectivity index (χ0v) is 12.5. The maximum absolute atomic E-state index is 11.5. The summed E-state index contributed by atoms with van der Waals surface area (Å²) in [5, 5.41) is 9.74. The van der Waals surface area contributed by atoms with Gasteiger partial charge in [0.15, 0.2) is 5.75 Å². The van der Waals surface area contributed by atoms with E-state index in [0.717, 1.165) is 12.0 Å². The molecule has 7 heteroatoms. The maximum atomic E-state index is 11.5. The van der Waals surface area contributed by atoms with Crippen molar-refractivity contribution in [2.45, 2.75) is 13.3 Å². The van der Waals surface area contributed by atoms with Crippen molar-refractivity contribution in [3.8, 4) is 5.75 Å². The van der Waals surface area contributed by atoms with Crippen LogP contribution in [0.1, 0.15) is 22.8 Å². The van der Waals surface area contributed by atoms with Crippen LogP contribution in [-0.4, -0.2) is 21.0 Å². The van der Waals surface area contributed by atoms with Gasteiger partial charge in [0, 0.05) is 38.9 Å². The minimum Gasteiger partial charge on any atom is -0.663 e. The molecule has 0 bridgehead atoms. The molecule has 0 saturated carbocycles. The molecule has 2 heterocycles. The third-order valence-corrected chi connectivity index (χ3v) is 2.52. The number of hydrogen-bond acceptors (Lipinski definition) is 4. The quantitative estimate of drug-likeness (QED) is 0.871. The Morgan fingerprint density at radius 3 is 2.78 bits per heavy atom. The van der Waals surface area contributed by atoms with Crippen LogP contribution in [0.25, 0.3) is 16.8 Å². The van der Waals surface area contributed by atoms with E-state index in [4.69, 9.17) is 5.73 Å². The average molecular weight is 321 g/mol. The molecule has 0 aliphatic carbocycles. The van der Waals surface area contributed by atoms with Crippen LogP contribution < -0.4 is 5.56 Å². The molecular weight excluding hydrogens is 311 g/mol. The SMILES string of the molecule is CCc1cnc2c(O)c(C([NH-])=O)c(=O)[nH]c2c1.[Y]. The Kier molecular flexibility index (Phi) is 4.59. The minimum atomic E-state index is -1.23. The van der Waals surface area contributed by atoms with Gasteiger partial charge in [0.25, 0.3) is 5.56 Å². The second-order valence-electron chi connectivity index (χ2n) is 3.60. The number of carbonyl (C=O) groups excluding carboxylic acids is 1. The smallest absolute Gasteiger partial charge is 0.261 e. The number of hydrogen-bond donors (Lipinski definition) is 2. The summed E-state index contributed by atoms with van der Waals surface area (Å²) >= 11 is 0. The van der Waals surface area contributed by atoms with Gasteiger partial charge in [-0.25, -0.2) is 0 Å². The van der Waals surface area contributed by atoms with Gasteiger partial charge in [-0.1, -0.05) is 6.92 Å². The molecule has 18 heavy (non-hydrogen) atoms. The number of aryl methyl sites for hydroxylation is 1. The van der Waals surface area contributed by atoms with E-state index in [1.165, 1.54) is 0 Å². The average Bonchev–Trinajstić information content (AvgIpc) is 2.27. The fourth-order valence-electron chi connectivity index (χ4n) is 1.61. The third kappa shape index (κ3) is 2.44. The second-order valence-corrected chi connectivity index (χ2v) is 3.60. The Labute approximate surface area is 127 Å². The molecule has 2 aromatic heterocycles. The summed E-state index contributed by atoms with van der Waals surface area (Å²) in [6, 6.07) is 1.68. The van der Waals surface area contributed by atoms with E-state index in [0.29, 0.717) is 5.52 Å². The van der Waals surface area contributed by atoms with Crippen LogP contribution in [0.15, 0.2) is 17.1 Å². The molecule has 0 unspecified atom stereocenters. The molecule has 0 atom stereocenters. The number of aromatic nitrogens is 2. The summed E-state index contributed by atoms with van der Waals surface area (Å²) in [6.07, 6.45) is 2.30. The van der Waals surface area contributed by atoms with Gasteiger partial charge in [0.2, 0.25) is 0 Å². The van der Waals surface area contributed by atoms with Crippen LogP contribution in [0.4, 0.5) is 0 Å². The second kappa shape index (κ2) is 5.58. The molecule has 0 aliphatic heterocycles. The predicted octanol–water partition coefficient (Wildman–Crippen LogP) is 1.38. The topological polar surface area (TPSA) is 107 Å². The predicted molar refractivity (Wildman–Crippen MR) is 62.1 cm³/mol. The van der Waals surface area contributed by atoms with Gasteiger partial charge in [-0.3, -0.25) is 9.78 Å². The van der Waals surface area contributed by atoms with Gasteiger partial charge >= 0.3 is 0 Å². The van der Waals surface area contributed by atoms with Crippen molar-refractivity contribution in [1.82, 2.24) is 9.97 Å². The van der Waals surface area contributed by atoms with E-state index < -0.39 is 22.8 Å². The zero-order chi connectivity index (χ0) is 12.6. The van der Waals surface area contributed by atoms with Gasteiger partial charge in [-0.15, -0.1) is 0 Å². The normalized spacial score (nSPS) is 10.1. The molecule has 1 radical (unpaired) electrons. The number of fused-ring (bicyclic) bond motifs is 1. The minimum absolute atomic E-state index is 0. The molecule has 2 aromatic rings. The molecule has 0 aliphatic rings. The molecule has 3 N–H and O–H groups in total. The third-order valence-electron chi connectivity index (χ3n) is 2.52. The summed E-state index contributed by atoms with van der Waals surface area (Å²) in [5.74, 6) is -1.77. The largest absolute Gasteiger partial charge is 0.663 e. The molecule has 0 saturated heterocycles. The number of aromatic hydroxyl groups is 1. The van der Waals surface area contributed by atoms with Crippen molar-refractivity contribution in [3.05, 3.63) is 39.5 Å². The molecule has 0 fully saturated rings. The fourth-order valence-corrected chi connectivity index (χ4v) is 1.61. The van der Waals surface area contributed by atoms with Gasteiger partial charge in [0.05, 0.1) is 11.4 Å². The molecule has 2 rings (SSSR count). The molecular formula is C11H10N3O3Y-. The molecule has 91 valence electrons. The first-order valence-corrected chi connectivity index (χ1v) is 5.04. The van der Waals surface area contributed by atoms with Gasteiger partial charge in [-0.05, 0) is 18.1 Å². The Morgan fingerprint density at radius 2 is 2.22 bits per heavy atom. The molecule has 0 spiro atoms. The van der Waals surface area contributed by atoms with E-state index in [9.17, 15) is 14.7 Å². The number of aromatic amines is 1. The first kappa shape index (κ1) is 14.8. The fraction of sp³-hybridized carbons (Fsp3) is 0.182. The van der Waals surface area contributed by atoms with Crippen molar-refractivity contribution in [1.29, 1.82) is 0 Å². The van der Waals surface area contributed by atoms with Crippen LogP contribution in [0, 0.1) is 0 Å². The summed E-state index contributed by atoms with van der Waals surface area (Å²) in [4.78, 5) is 28.8. The first-order valence-electron chi connectivity index (χ1n) is 5.04. The Hall–Kier alpha value is -1.27. The number of pyridine rings is 2. The van der Waals surface area contributed by atoms with Crippen LogP contribution >= 0.6 is 0 Å². The summed E-state index contributed by atoms with van der Waals surface area (Å²) in [7, 11) is 0. The van der Waals surface area contributed by atoms with Crippen LogP contribution in [0.5, 0.6) is 5.75 Å². The number of carbonyl (C=O) groups is 1. The number of nitrogens with one attached hydrogen (secondary N) is 2. The van der Waals surface area contributed by atoms with E-state index in [1.807, 2.05) is 6.92 Å². The number of amides is 1. The van der Waals surface area contributed by atoms with Crippen molar-refractivity contribution < 1.29 is 42.6 Å². The standard InChI is InChI=1S/C11H11N3O3.Y/c1-2-5-3-6-8(13-4-5)9(15)7(10(12)16)11(17)14-6;/h3-4H,2H2,1H3,(H4,12,14,15,16,17);/p-1. The van der Waals surface area contributed by atoms with Gasteiger partial charge in [0.1, 0.15) is 11.1 Å². The van der Waals surface area contributed by atoms with Crippen LogP contribution in [0.3, 0.4) is 0 Å². The Balaban J connectivity index is 0.00000162. The van der Waals surface area contributed by atoms with Crippen LogP contribution in [-0.2, 0) is 39.1 Å². The Morgan fingerprint density at radius 1 is 1.56 bits per heavy atom. The molecule has 0 aromatic carbocycles. The van der Waals surface area contributed by atoms with E-state index in [2.05, 4.69) is 9.97 Å². The number of rotatable bonds is 2. The maximum Gasteiger partial charge on any atom is 0.261 e. The van der Waals surface area contributed by atoms with E-state index >= 15 is 0 Å². The number of H-pyrrole nitrogens is 1. The summed E-state index contributed by atoms with van der Waals surface area (Å²) in [5.41, 5.74) is 6.94.